The Morgan fingerprint density at radius 3 is 2.82 bits per heavy atom. The summed E-state index contributed by atoms with van der Waals surface area (Å²) < 4.78 is 27.0. The second-order valence-electron chi connectivity index (χ2n) is 6.09. The molecule has 0 aromatic carbocycles. The first-order chi connectivity index (χ1) is 10.4. The number of carbonyl (C=O) groups is 1. The molecule has 1 aliphatic heterocycles. The van der Waals surface area contributed by atoms with Crippen molar-refractivity contribution in [3.8, 4) is 0 Å². The minimum absolute atomic E-state index is 0.0677. The Bertz CT molecular complexity index is 515. The molecule has 6 heteroatoms. The summed E-state index contributed by atoms with van der Waals surface area (Å²) in [6.45, 7) is 4.75. The Balaban J connectivity index is 2.03. The summed E-state index contributed by atoms with van der Waals surface area (Å²) in [6, 6.07) is 3.05. The van der Waals surface area contributed by atoms with Crippen molar-refractivity contribution < 1.29 is 13.6 Å². The van der Waals surface area contributed by atoms with E-state index in [1.54, 1.807) is 24.9 Å². The highest BCUT2D eigenvalue weighted by Crippen LogP contribution is 2.21. The fourth-order valence-electron chi connectivity index (χ4n) is 3.24. The zero-order valence-corrected chi connectivity index (χ0v) is 13.6. The van der Waals surface area contributed by atoms with Crippen molar-refractivity contribution in [1.82, 2.24) is 14.4 Å². The van der Waals surface area contributed by atoms with Gasteiger partial charge in [0, 0.05) is 25.8 Å². The fourth-order valence-corrected chi connectivity index (χ4v) is 3.24. The van der Waals surface area contributed by atoms with Gasteiger partial charge in [-0.25, -0.2) is 0 Å². The van der Waals surface area contributed by atoms with Gasteiger partial charge < -0.3 is 9.80 Å². The van der Waals surface area contributed by atoms with E-state index >= 15 is 0 Å². The van der Waals surface area contributed by atoms with Gasteiger partial charge >= 0.3 is 6.55 Å². The molecule has 124 valence electrons. The number of hydrogen-bond acceptors (Lipinski definition) is 2. The van der Waals surface area contributed by atoms with E-state index in [1.807, 2.05) is 0 Å². The maximum atomic E-state index is 13.1. The highest BCUT2D eigenvalue weighted by molar-refractivity contribution is 5.92. The Labute approximate surface area is 130 Å². The normalized spacial score (nSPS) is 19.6. The molecule has 22 heavy (non-hydrogen) atoms. The Kier molecular flexibility index (Phi) is 5.56. The predicted octanol–water partition coefficient (Wildman–Crippen LogP) is 3.00. The van der Waals surface area contributed by atoms with Crippen LogP contribution >= 0.6 is 0 Å². The molecule has 2 heterocycles. The van der Waals surface area contributed by atoms with E-state index in [4.69, 9.17) is 0 Å². The number of aromatic nitrogens is 1. The number of aryl methyl sites for hydroxylation is 1. The number of rotatable bonds is 5. The zero-order chi connectivity index (χ0) is 16.3. The lowest BCUT2D eigenvalue weighted by atomic mass is 9.97. The average molecular weight is 313 g/mol. The Morgan fingerprint density at radius 1 is 1.45 bits per heavy atom. The minimum Gasteiger partial charge on any atom is -0.340 e. The van der Waals surface area contributed by atoms with E-state index in [0.29, 0.717) is 18.2 Å². The van der Waals surface area contributed by atoms with Crippen molar-refractivity contribution in [2.45, 2.75) is 33.2 Å². The molecular formula is C16H25F2N3O. The molecule has 0 bridgehead atoms. The van der Waals surface area contributed by atoms with Crippen LogP contribution in [0.2, 0.25) is 0 Å². The first kappa shape index (κ1) is 16.9. The first-order valence-electron chi connectivity index (χ1n) is 7.87. The van der Waals surface area contributed by atoms with E-state index < -0.39 is 6.55 Å². The number of piperidine rings is 1. The molecule has 2 rings (SSSR count). The molecule has 1 unspecified atom stereocenters. The zero-order valence-electron chi connectivity index (χ0n) is 13.6. The van der Waals surface area contributed by atoms with Gasteiger partial charge in [-0.3, -0.25) is 9.36 Å². The first-order valence-corrected chi connectivity index (χ1v) is 7.87. The molecule has 0 aliphatic carbocycles. The maximum Gasteiger partial charge on any atom is 0.319 e. The standard InChI is InChI=1S/C16H25F2N3O/c1-4-20-9-5-6-13(11-20)10-19(3)15(22)14-8-7-12(2)21(14)16(17)18/h7-8,13,16H,4-6,9-11H2,1-3H3. The number of likely N-dealkylation sites (tertiary alicyclic amines) is 1. The van der Waals surface area contributed by atoms with Crippen LogP contribution < -0.4 is 0 Å². The van der Waals surface area contributed by atoms with Crippen LogP contribution in [0.4, 0.5) is 8.78 Å². The SMILES string of the molecule is CCN1CCCC(CN(C)C(=O)c2ccc(C)n2C(F)F)C1. The third-order valence-electron chi connectivity index (χ3n) is 4.47. The molecule has 1 fully saturated rings. The van der Waals surface area contributed by atoms with E-state index in [2.05, 4.69) is 11.8 Å². The Morgan fingerprint density at radius 2 is 2.18 bits per heavy atom. The largest absolute Gasteiger partial charge is 0.340 e. The highest BCUT2D eigenvalue weighted by Gasteiger charge is 2.25. The lowest BCUT2D eigenvalue weighted by molar-refractivity contribution is 0.0545. The van der Waals surface area contributed by atoms with Gasteiger partial charge in [0.2, 0.25) is 0 Å². The molecular weight excluding hydrogens is 288 g/mol. The molecule has 1 saturated heterocycles. The van der Waals surface area contributed by atoms with Crippen LogP contribution in [0.1, 0.15) is 42.5 Å². The van der Waals surface area contributed by atoms with Gasteiger partial charge in [0.1, 0.15) is 5.69 Å². The van der Waals surface area contributed by atoms with E-state index in [1.165, 1.54) is 6.07 Å². The van der Waals surface area contributed by atoms with Crippen molar-refractivity contribution in [1.29, 1.82) is 0 Å². The predicted molar refractivity (Wildman–Crippen MR) is 82.2 cm³/mol. The average Bonchev–Trinajstić information content (AvgIpc) is 2.88. The molecule has 1 aromatic heterocycles. The third-order valence-corrected chi connectivity index (χ3v) is 4.47. The molecule has 0 N–H and O–H groups in total. The topological polar surface area (TPSA) is 28.5 Å². The monoisotopic (exact) mass is 313 g/mol. The molecule has 1 amide bonds. The highest BCUT2D eigenvalue weighted by atomic mass is 19.3. The summed E-state index contributed by atoms with van der Waals surface area (Å²) in [4.78, 5) is 16.4. The second-order valence-corrected chi connectivity index (χ2v) is 6.09. The van der Waals surface area contributed by atoms with Crippen LogP contribution in [-0.4, -0.2) is 53.5 Å². The van der Waals surface area contributed by atoms with Gasteiger partial charge in [0.15, 0.2) is 0 Å². The number of amides is 1. The van der Waals surface area contributed by atoms with Gasteiger partial charge in [-0.15, -0.1) is 0 Å². The van der Waals surface area contributed by atoms with Crippen molar-refractivity contribution in [3.05, 3.63) is 23.5 Å². The number of halogens is 2. The molecule has 4 nitrogen and oxygen atoms in total. The lowest BCUT2D eigenvalue weighted by Crippen LogP contribution is -2.41. The van der Waals surface area contributed by atoms with Crippen molar-refractivity contribution in [3.63, 3.8) is 0 Å². The van der Waals surface area contributed by atoms with Crippen LogP contribution in [-0.2, 0) is 0 Å². The van der Waals surface area contributed by atoms with Crippen molar-refractivity contribution in [2.75, 3.05) is 33.2 Å². The van der Waals surface area contributed by atoms with Crippen LogP contribution in [0.5, 0.6) is 0 Å². The minimum atomic E-state index is -2.69. The summed E-state index contributed by atoms with van der Waals surface area (Å²) in [5, 5.41) is 0. The van der Waals surface area contributed by atoms with Crippen molar-refractivity contribution in [2.24, 2.45) is 5.92 Å². The van der Waals surface area contributed by atoms with E-state index in [9.17, 15) is 13.6 Å². The van der Waals surface area contributed by atoms with Crippen LogP contribution in [0.15, 0.2) is 12.1 Å². The van der Waals surface area contributed by atoms with Crippen LogP contribution in [0.3, 0.4) is 0 Å². The Hall–Kier alpha value is -1.43. The van der Waals surface area contributed by atoms with Crippen LogP contribution in [0.25, 0.3) is 0 Å². The van der Waals surface area contributed by atoms with Gasteiger partial charge in [-0.2, -0.15) is 8.78 Å². The number of nitrogens with zero attached hydrogens (tertiary/aromatic N) is 3. The quantitative estimate of drug-likeness (QED) is 0.836. The summed E-state index contributed by atoms with van der Waals surface area (Å²) in [5.41, 5.74) is 0.472. The smallest absolute Gasteiger partial charge is 0.319 e. The van der Waals surface area contributed by atoms with E-state index in [0.717, 1.165) is 37.0 Å². The molecule has 0 saturated carbocycles. The lowest BCUT2D eigenvalue weighted by Gasteiger charge is -2.34. The van der Waals surface area contributed by atoms with Crippen LogP contribution in [0, 0.1) is 12.8 Å². The second kappa shape index (κ2) is 7.22. The number of alkyl halides is 2. The summed E-state index contributed by atoms with van der Waals surface area (Å²) >= 11 is 0. The summed E-state index contributed by atoms with van der Waals surface area (Å²) in [5.74, 6) is 0.0840. The fraction of sp³-hybridized carbons (Fsp3) is 0.688. The van der Waals surface area contributed by atoms with Gasteiger partial charge in [0.05, 0.1) is 0 Å². The molecule has 0 spiro atoms. The van der Waals surface area contributed by atoms with Gasteiger partial charge in [-0.05, 0) is 50.9 Å². The maximum absolute atomic E-state index is 13.1. The van der Waals surface area contributed by atoms with E-state index in [-0.39, 0.29) is 11.6 Å². The molecule has 0 radical (unpaired) electrons. The summed E-state index contributed by atoms with van der Waals surface area (Å²) in [7, 11) is 1.70. The summed E-state index contributed by atoms with van der Waals surface area (Å²) in [6.07, 6.45) is 2.22. The van der Waals surface area contributed by atoms with Crippen molar-refractivity contribution >= 4 is 5.91 Å². The third kappa shape index (κ3) is 3.66. The van der Waals surface area contributed by atoms with Gasteiger partial charge in [-0.1, -0.05) is 6.92 Å². The molecule has 1 atom stereocenters. The van der Waals surface area contributed by atoms with Gasteiger partial charge in [0.25, 0.3) is 5.91 Å². The molecule has 1 aliphatic rings. The molecule has 1 aromatic rings. The number of hydrogen-bond donors (Lipinski definition) is 0. The number of carbonyl (C=O) groups excluding carboxylic acids is 1.